The number of nitrogens with zero attached hydrogens (tertiary/aromatic N) is 1. The molecule has 4 nitrogen and oxygen atoms in total. The highest BCUT2D eigenvalue weighted by atomic mass is 16.2. The number of nitrogens with one attached hydrogen (secondary N) is 1. The van der Waals surface area contributed by atoms with Gasteiger partial charge in [-0.3, -0.25) is 14.5 Å². The molecule has 0 radical (unpaired) electrons. The zero-order valence-corrected chi connectivity index (χ0v) is 10.2. The summed E-state index contributed by atoms with van der Waals surface area (Å²) in [5.74, 6) is 0.249. The van der Waals surface area contributed by atoms with E-state index in [4.69, 9.17) is 0 Å². The second kappa shape index (κ2) is 3.84. The number of hydrogen-bond acceptors (Lipinski definition) is 3. The summed E-state index contributed by atoms with van der Waals surface area (Å²) in [4.78, 5) is 25.8. The average Bonchev–Trinajstić information content (AvgIpc) is 2.76. The average molecular weight is 224 g/mol. The maximum atomic E-state index is 12.3. The fraction of sp³-hybridized carbons (Fsp3) is 0.833. The summed E-state index contributed by atoms with van der Waals surface area (Å²) < 4.78 is 0. The molecule has 2 atom stereocenters. The number of carbonyl (C=O) groups is 2. The monoisotopic (exact) mass is 224 g/mol. The van der Waals surface area contributed by atoms with Crippen LogP contribution in [0, 0.1) is 11.3 Å². The van der Waals surface area contributed by atoms with Crippen molar-refractivity contribution in [2.75, 3.05) is 13.1 Å². The van der Waals surface area contributed by atoms with Crippen molar-refractivity contribution in [1.82, 2.24) is 10.2 Å². The van der Waals surface area contributed by atoms with Crippen molar-refractivity contribution in [3.8, 4) is 0 Å². The Balaban J connectivity index is 2.22. The van der Waals surface area contributed by atoms with Crippen molar-refractivity contribution in [2.24, 2.45) is 11.3 Å². The number of carbonyl (C=O) groups excluding carboxylic acids is 2. The van der Waals surface area contributed by atoms with E-state index in [2.05, 4.69) is 5.32 Å². The molecule has 4 heteroatoms. The molecule has 2 unspecified atom stereocenters. The topological polar surface area (TPSA) is 49.4 Å². The Labute approximate surface area is 96.4 Å². The van der Waals surface area contributed by atoms with Crippen LogP contribution < -0.4 is 5.32 Å². The Kier molecular flexibility index (Phi) is 2.78. The Hall–Kier alpha value is -0.900. The smallest absolute Gasteiger partial charge is 0.236 e. The molecule has 16 heavy (non-hydrogen) atoms. The van der Waals surface area contributed by atoms with Gasteiger partial charge in [0.1, 0.15) is 0 Å². The first-order valence-electron chi connectivity index (χ1n) is 6.04. The van der Waals surface area contributed by atoms with Crippen LogP contribution in [0.25, 0.3) is 0 Å². The summed E-state index contributed by atoms with van der Waals surface area (Å²) in [7, 11) is 0. The van der Waals surface area contributed by atoms with Crippen LogP contribution >= 0.6 is 0 Å². The second-order valence-electron chi connectivity index (χ2n) is 5.46. The standard InChI is InChI=1S/C12H20N2O2/c1-8(2)12(3)6-10(15)14(11(12)16)9-4-5-13-7-9/h8-9,13H,4-7H2,1-3H3. The van der Waals surface area contributed by atoms with Crippen molar-refractivity contribution in [1.29, 1.82) is 0 Å². The van der Waals surface area contributed by atoms with Gasteiger partial charge in [0.05, 0.1) is 11.5 Å². The molecule has 0 bridgehead atoms. The van der Waals surface area contributed by atoms with E-state index < -0.39 is 5.41 Å². The van der Waals surface area contributed by atoms with E-state index in [9.17, 15) is 9.59 Å². The molecule has 0 aliphatic carbocycles. The first-order valence-corrected chi connectivity index (χ1v) is 6.04. The van der Waals surface area contributed by atoms with Crippen molar-refractivity contribution in [3.63, 3.8) is 0 Å². The highest BCUT2D eigenvalue weighted by Gasteiger charge is 2.52. The van der Waals surface area contributed by atoms with Gasteiger partial charge < -0.3 is 5.32 Å². The summed E-state index contributed by atoms with van der Waals surface area (Å²) in [6.07, 6.45) is 1.27. The van der Waals surface area contributed by atoms with Crippen LogP contribution in [0.2, 0.25) is 0 Å². The molecular weight excluding hydrogens is 204 g/mol. The Morgan fingerprint density at radius 3 is 2.56 bits per heavy atom. The molecule has 2 heterocycles. The Morgan fingerprint density at radius 1 is 1.44 bits per heavy atom. The molecule has 0 spiro atoms. The van der Waals surface area contributed by atoms with Crippen LogP contribution in [-0.2, 0) is 9.59 Å². The van der Waals surface area contributed by atoms with Crippen LogP contribution in [0.3, 0.4) is 0 Å². The molecule has 0 aromatic carbocycles. The lowest BCUT2D eigenvalue weighted by Crippen LogP contribution is -2.44. The number of likely N-dealkylation sites (tertiary alicyclic amines) is 1. The molecule has 2 aliphatic heterocycles. The van der Waals surface area contributed by atoms with E-state index in [-0.39, 0.29) is 23.8 Å². The minimum atomic E-state index is -0.486. The second-order valence-corrected chi connectivity index (χ2v) is 5.46. The van der Waals surface area contributed by atoms with Gasteiger partial charge in [0.25, 0.3) is 0 Å². The highest BCUT2D eigenvalue weighted by Crippen LogP contribution is 2.40. The Bertz CT molecular complexity index is 321. The normalized spacial score (nSPS) is 35.5. The van der Waals surface area contributed by atoms with Gasteiger partial charge in [-0.2, -0.15) is 0 Å². The molecule has 2 aliphatic rings. The lowest BCUT2D eigenvalue weighted by atomic mass is 9.78. The number of hydrogen-bond donors (Lipinski definition) is 1. The van der Waals surface area contributed by atoms with Gasteiger partial charge in [0, 0.05) is 13.0 Å². The van der Waals surface area contributed by atoms with E-state index in [0.29, 0.717) is 6.42 Å². The lowest BCUT2D eigenvalue weighted by molar-refractivity contribution is -0.144. The predicted octanol–water partition coefficient (Wildman–Crippen LogP) is 0.769. The third-order valence-corrected chi connectivity index (χ3v) is 4.17. The van der Waals surface area contributed by atoms with Crippen LogP contribution in [0.1, 0.15) is 33.6 Å². The third kappa shape index (κ3) is 1.56. The molecule has 0 saturated carbocycles. The van der Waals surface area contributed by atoms with Crippen molar-refractivity contribution in [2.45, 2.75) is 39.7 Å². The number of amides is 2. The summed E-state index contributed by atoms with van der Waals surface area (Å²) >= 11 is 0. The van der Waals surface area contributed by atoms with Crippen LogP contribution in [-0.4, -0.2) is 35.8 Å². The third-order valence-electron chi connectivity index (χ3n) is 4.17. The fourth-order valence-electron chi connectivity index (χ4n) is 2.54. The maximum absolute atomic E-state index is 12.3. The molecule has 2 saturated heterocycles. The van der Waals surface area contributed by atoms with Gasteiger partial charge in [0.15, 0.2) is 0 Å². The maximum Gasteiger partial charge on any atom is 0.236 e. The van der Waals surface area contributed by atoms with Crippen molar-refractivity contribution >= 4 is 11.8 Å². The quantitative estimate of drug-likeness (QED) is 0.705. The van der Waals surface area contributed by atoms with Gasteiger partial charge in [0.2, 0.25) is 11.8 Å². The zero-order chi connectivity index (χ0) is 11.9. The first kappa shape index (κ1) is 11.6. The van der Waals surface area contributed by atoms with E-state index >= 15 is 0 Å². The van der Waals surface area contributed by atoms with Gasteiger partial charge in [-0.15, -0.1) is 0 Å². The summed E-state index contributed by atoms with van der Waals surface area (Å²) in [6.45, 7) is 7.61. The van der Waals surface area contributed by atoms with Crippen LogP contribution in [0.15, 0.2) is 0 Å². The van der Waals surface area contributed by atoms with Gasteiger partial charge in [-0.1, -0.05) is 13.8 Å². The SMILES string of the molecule is CC(C)C1(C)CC(=O)N(C2CCNC2)C1=O. The summed E-state index contributed by atoms with van der Waals surface area (Å²) in [5, 5.41) is 3.20. The molecule has 2 rings (SSSR count). The number of rotatable bonds is 2. The highest BCUT2D eigenvalue weighted by molar-refractivity contribution is 6.06. The molecule has 2 fully saturated rings. The minimum absolute atomic E-state index is 0.00917. The van der Waals surface area contributed by atoms with Crippen molar-refractivity contribution in [3.05, 3.63) is 0 Å². The van der Waals surface area contributed by atoms with Crippen LogP contribution in [0.5, 0.6) is 0 Å². The van der Waals surface area contributed by atoms with Crippen molar-refractivity contribution < 1.29 is 9.59 Å². The van der Waals surface area contributed by atoms with Gasteiger partial charge >= 0.3 is 0 Å². The predicted molar refractivity (Wildman–Crippen MR) is 60.7 cm³/mol. The molecule has 0 aromatic heterocycles. The van der Waals surface area contributed by atoms with E-state index in [1.165, 1.54) is 4.90 Å². The van der Waals surface area contributed by atoms with E-state index in [1.807, 2.05) is 20.8 Å². The molecular formula is C12H20N2O2. The largest absolute Gasteiger partial charge is 0.315 e. The zero-order valence-electron chi connectivity index (χ0n) is 10.2. The van der Waals surface area contributed by atoms with E-state index in [1.54, 1.807) is 0 Å². The summed E-state index contributed by atoms with van der Waals surface area (Å²) in [6, 6.07) is 0.0839. The number of imide groups is 1. The van der Waals surface area contributed by atoms with Gasteiger partial charge in [-0.25, -0.2) is 0 Å². The lowest BCUT2D eigenvalue weighted by Gasteiger charge is -2.28. The molecule has 2 amide bonds. The minimum Gasteiger partial charge on any atom is -0.315 e. The van der Waals surface area contributed by atoms with Crippen LogP contribution in [0.4, 0.5) is 0 Å². The summed E-state index contributed by atoms with van der Waals surface area (Å²) in [5.41, 5.74) is -0.486. The Morgan fingerprint density at radius 2 is 2.12 bits per heavy atom. The van der Waals surface area contributed by atoms with E-state index in [0.717, 1.165) is 19.5 Å². The molecule has 0 aromatic rings. The fourth-order valence-corrected chi connectivity index (χ4v) is 2.54. The molecule has 90 valence electrons. The van der Waals surface area contributed by atoms with Gasteiger partial charge in [-0.05, 0) is 25.8 Å². The first-order chi connectivity index (χ1) is 7.47. The molecule has 1 N–H and O–H groups in total.